The van der Waals surface area contributed by atoms with Gasteiger partial charge in [-0.25, -0.2) is 0 Å². The number of aryl methyl sites for hydroxylation is 1. The van der Waals surface area contributed by atoms with Crippen molar-refractivity contribution in [3.8, 4) is 0 Å². The van der Waals surface area contributed by atoms with Crippen LogP contribution in [0, 0.1) is 0 Å². The topological polar surface area (TPSA) is 38.1 Å². The number of rotatable bonds is 3. The standard InChI is InChI=1S/C13H13BrClN3O/c1-17(8-12-11(15)7-16-18(12)2)13(19)9-4-3-5-10(14)6-9/h3-7H,8H2,1-2H3. The zero-order valence-electron chi connectivity index (χ0n) is 10.6. The summed E-state index contributed by atoms with van der Waals surface area (Å²) < 4.78 is 2.55. The number of aromatic nitrogens is 2. The van der Waals surface area contributed by atoms with Gasteiger partial charge in [0.05, 0.1) is 23.5 Å². The van der Waals surface area contributed by atoms with Crippen LogP contribution in [0.4, 0.5) is 0 Å². The summed E-state index contributed by atoms with van der Waals surface area (Å²) in [5, 5.41) is 4.62. The number of hydrogen-bond acceptors (Lipinski definition) is 2. The molecule has 1 aromatic carbocycles. The number of halogens is 2. The first-order valence-electron chi connectivity index (χ1n) is 5.66. The molecule has 0 N–H and O–H groups in total. The van der Waals surface area contributed by atoms with Gasteiger partial charge in [-0.15, -0.1) is 0 Å². The molecule has 2 rings (SSSR count). The molecule has 19 heavy (non-hydrogen) atoms. The van der Waals surface area contributed by atoms with Crippen molar-refractivity contribution in [1.29, 1.82) is 0 Å². The van der Waals surface area contributed by atoms with Gasteiger partial charge in [-0.2, -0.15) is 5.10 Å². The van der Waals surface area contributed by atoms with E-state index in [1.807, 2.05) is 12.1 Å². The lowest BCUT2D eigenvalue weighted by molar-refractivity contribution is 0.0782. The molecule has 0 radical (unpaired) electrons. The van der Waals surface area contributed by atoms with E-state index in [9.17, 15) is 4.79 Å². The zero-order chi connectivity index (χ0) is 14.0. The number of nitrogens with zero attached hydrogens (tertiary/aromatic N) is 3. The Kier molecular flexibility index (Phi) is 4.27. The van der Waals surface area contributed by atoms with Crippen LogP contribution in [-0.2, 0) is 13.6 Å². The second-order valence-electron chi connectivity index (χ2n) is 4.23. The summed E-state index contributed by atoms with van der Waals surface area (Å²) in [6.07, 6.45) is 1.58. The van der Waals surface area contributed by atoms with Crippen molar-refractivity contribution in [2.24, 2.45) is 7.05 Å². The van der Waals surface area contributed by atoms with Crippen LogP contribution in [0.2, 0.25) is 5.02 Å². The molecule has 0 saturated heterocycles. The summed E-state index contributed by atoms with van der Waals surface area (Å²) in [7, 11) is 3.55. The second kappa shape index (κ2) is 5.75. The van der Waals surface area contributed by atoms with Crippen molar-refractivity contribution in [3.05, 3.63) is 51.2 Å². The summed E-state index contributed by atoms with van der Waals surface area (Å²) in [6.45, 7) is 0.417. The maximum Gasteiger partial charge on any atom is 0.253 e. The molecule has 1 heterocycles. The lowest BCUT2D eigenvalue weighted by Gasteiger charge is -2.17. The Morgan fingerprint density at radius 3 is 2.84 bits per heavy atom. The van der Waals surface area contributed by atoms with Crippen LogP contribution >= 0.6 is 27.5 Å². The molecule has 0 unspecified atom stereocenters. The molecule has 0 saturated carbocycles. The highest BCUT2D eigenvalue weighted by Gasteiger charge is 2.15. The third kappa shape index (κ3) is 3.16. The summed E-state index contributed by atoms with van der Waals surface area (Å²) in [5.41, 5.74) is 1.45. The first-order chi connectivity index (χ1) is 8.99. The number of carbonyl (C=O) groups is 1. The molecule has 1 amide bonds. The summed E-state index contributed by atoms with van der Waals surface area (Å²) in [5.74, 6) is -0.0569. The molecule has 0 aliphatic rings. The maximum absolute atomic E-state index is 12.3. The Bertz CT molecular complexity index is 592. The SMILES string of the molecule is CN(Cc1c(Cl)cnn1C)C(=O)c1cccc(Br)c1. The summed E-state index contributed by atoms with van der Waals surface area (Å²) in [6, 6.07) is 7.30. The number of carbonyl (C=O) groups excluding carboxylic acids is 1. The molecule has 6 heteroatoms. The molecule has 4 nitrogen and oxygen atoms in total. The van der Waals surface area contributed by atoms with Crippen LogP contribution in [0.5, 0.6) is 0 Å². The number of hydrogen-bond donors (Lipinski definition) is 0. The lowest BCUT2D eigenvalue weighted by Crippen LogP contribution is -2.27. The van der Waals surface area contributed by atoms with Gasteiger partial charge in [0.25, 0.3) is 5.91 Å². The first kappa shape index (κ1) is 14.1. The van der Waals surface area contributed by atoms with Crippen molar-refractivity contribution in [2.75, 3.05) is 7.05 Å². The van der Waals surface area contributed by atoms with Crippen molar-refractivity contribution >= 4 is 33.4 Å². The highest BCUT2D eigenvalue weighted by atomic mass is 79.9. The van der Waals surface area contributed by atoms with E-state index >= 15 is 0 Å². The molecule has 0 fully saturated rings. The minimum absolute atomic E-state index is 0.0569. The Balaban J connectivity index is 2.16. The van der Waals surface area contributed by atoms with E-state index in [0.717, 1.165) is 10.2 Å². The molecule has 0 aliphatic carbocycles. The first-order valence-corrected chi connectivity index (χ1v) is 6.83. The van der Waals surface area contributed by atoms with Crippen molar-refractivity contribution < 1.29 is 4.79 Å². The molecule has 0 spiro atoms. The molecular formula is C13H13BrClN3O. The maximum atomic E-state index is 12.3. The van der Waals surface area contributed by atoms with Gasteiger partial charge >= 0.3 is 0 Å². The fourth-order valence-corrected chi connectivity index (χ4v) is 2.38. The van der Waals surface area contributed by atoms with Crippen LogP contribution in [0.25, 0.3) is 0 Å². The minimum Gasteiger partial charge on any atom is -0.336 e. The Hall–Kier alpha value is -1.33. The quantitative estimate of drug-likeness (QED) is 0.859. The van der Waals surface area contributed by atoms with Gasteiger partial charge in [0, 0.05) is 24.1 Å². The molecule has 1 aromatic heterocycles. The van der Waals surface area contributed by atoms with E-state index in [-0.39, 0.29) is 5.91 Å². The molecule has 0 bridgehead atoms. The number of amides is 1. The van der Waals surface area contributed by atoms with Crippen LogP contribution in [0.3, 0.4) is 0 Å². The smallest absolute Gasteiger partial charge is 0.253 e. The van der Waals surface area contributed by atoms with E-state index in [1.165, 1.54) is 0 Å². The van der Waals surface area contributed by atoms with Crippen LogP contribution in [-0.4, -0.2) is 27.6 Å². The van der Waals surface area contributed by atoms with Crippen LogP contribution in [0.15, 0.2) is 34.9 Å². The van der Waals surface area contributed by atoms with E-state index in [1.54, 1.807) is 42.0 Å². The van der Waals surface area contributed by atoms with Gasteiger partial charge in [-0.1, -0.05) is 33.6 Å². The third-order valence-corrected chi connectivity index (χ3v) is 3.62. The lowest BCUT2D eigenvalue weighted by atomic mass is 10.2. The summed E-state index contributed by atoms with van der Waals surface area (Å²) >= 11 is 9.39. The average Bonchev–Trinajstić information content (AvgIpc) is 2.69. The fraction of sp³-hybridized carbons (Fsp3) is 0.231. The largest absolute Gasteiger partial charge is 0.336 e. The van der Waals surface area contributed by atoms with E-state index in [2.05, 4.69) is 21.0 Å². The van der Waals surface area contributed by atoms with E-state index in [0.29, 0.717) is 17.1 Å². The average molecular weight is 343 g/mol. The van der Waals surface area contributed by atoms with Crippen molar-refractivity contribution in [1.82, 2.24) is 14.7 Å². The monoisotopic (exact) mass is 341 g/mol. The molecule has 0 aliphatic heterocycles. The second-order valence-corrected chi connectivity index (χ2v) is 5.56. The van der Waals surface area contributed by atoms with Gasteiger partial charge in [-0.3, -0.25) is 9.48 Å². The highest BCUT2D eigenvalue weighted by Crippen LogP contribution is 2.18. The van der Waals surface area contributed by atoms with E-state index in [4.69, 9.17) is 11.6 Å². The third-order valence-electron chi connectivity index (χ3n) is 2.82. The van der Waals surface area contributed by atoms with Crippen LogP contribution < -0.4 is 0 Å². The van der Waals surface area contributed by atoms with Gasteiger partial charge < -0.3 is 4.90 Å². The number of benzene rings is 1. The van der Waals surface area contributed by atoms with Gasteiger partial charge in [-0.05, 0) is 18.2 Å². The van der Waals surface area contributed by atoms with Gasteiger partial charge in [0.15, 0.2) is 0 Å². The zero-order valence-corrected chi connectivity index (χ0v) is 12.9. The fourth-order valence-electron chi connectivity index (χ4n) is 1.75. The van der Waals surface area contributed by atoms with E-state index < -0.39 is 0 Å². The molecule has 0 atom stereocenters. The Morgan fingerprint density at radius 1 is 1.53 bits per heavy atom. The molecule has 100 valence electrons. The van der Waals surface area contributed by atoms with Crippen molar-refractivity contribution in [2.45, 2.75) is 6.54 Å². The molecule has 2 aromatic rings. The predicted octanol–water partition coefficient (Wildman–Crippen LogP) is 3.11. The Labute approximate surface area is 125 Å². The van der Waals surface area contributed by atoms with Gasteiger partial charge in [0.1, 0.15) is 0 Å². The van der Waals surface area contributed by atoms with Crippen LogP contribution in [0.1, 0.15) is 16.1 Å². The predicted molar refractivity (Wildman–Crippen MR) is 78.2 cm³/mol. The summed E-state index contributed by atoms with van der Waals surface area (Å²) in [4.78, 5) is 13.9. The van der Waals surface area contributed by atoms with Crippen molar-refractivity contribution in [3.63, 3.8) is 0 Å². The molecular weight excluding hydrogens is 330 g/mol. The minimum atomic E-state index is -0.0569. The highest BCUT2D eigenvalue weighted by molar-refractivity contribution is 9.10. The Morgan fingerprint density at radius 2 is 2.26 bits per heavy atom. The normalized spacial score (nSPS) is 10.5. The van der Waals surface area contributed by atoms with Gasteiger partial charge in [0.2, 0.25) is 0 Å².